The zero-order valence-corrected chi connectivity index (χ0v) is 11.7. The van der Waals surface area contributed by atoms with Crippen molar-refractivity contribution < 1.29 is 4.92 Å². The first-order valence-electron chi connectivity index (χ1n) is 6.61. The summed E-state index contributed by atoms with van der Waals surface area (Å²) >= 11 is 0. The Morgan fingerprint density at radius 2 is 1.85 bits per heavy atom. The van der Waals surface area contributed by atoms with Gasteiger partial charge in [-0.15, -0.1) is 0 Å². The summed E-state index contributed by atoms with van der Waals surface area (Å²) < 4.78 is 0. The lowest BCUT2D eigenvalue weighted by molar-refractivity contribution is -0.385. The van der Waals surface area contributed by atoms with Gasteiger partial charge in [-0.1, -0.05) is 24.3 Å². The third-order valence-corrected chi connectivity index (χ3v) is 3.38. The fraction of sp³-hybridized carbons (Fsp3) is 0.250. The summed E-state index contributed by atoms with van der Waals surface area (Å²) in [5.74, 6) is 0. The van der Waals surface area contributed by atoms with Gasteiger partial charge in [-0.25, -0.2) is 0 Å². The lowest BCUT2D eigenvalue weighted by atomic mass is 10.1. The largest absolute Gasteiger partial charge is 0.385 e. The van der Waals surface area contributed by atoms with Crippen LogP contribution in [0.3, 0.4) is 0 Å². The number of nitrogens with one attached hydrogen (secondary N) is 1. The Hall–Kier alpha value is -2.36. The molecule has 4 heteroatoms. The van der Waals surface area contributed by atoms with Crippen molar-refractivity contribution in [3.63, 3.8) is 0 Å². The minimum absolute atomic E-state index is 0.162. The molecule has 2 rings (SSSR count). The molecule has 0 unspecified atom stereocenters. The molecule has 0 atom stereocenters. The van der Waals surface area contributed by atoms with Crippen molar-refractivity contribution >= 4 is 11.4 Å². The maximum absolute atomic E-state index is 10.8. The van der Waals surface area contributed by atoms with Crippen LogP contribution in [0.4, 0.5) is 11.4 Å². The highest BCUT2D eigenvalue weighted by Crippen LogP contribution is 2.21. The van der Waals surface area contributed by atoms with Crippen LogP contribution in [-0.4, -0.2) is 11.5 Å². The molecule has 0 saturated carbocycles. The number of anilines is 1. The molecule has 0 amide bonds. The highest BCUT2D eigenvalue weighted by atomic mass is 16.6. The van der Waals surface area contributed by atoms with Gasteiger partial charge in [0.2, 0.25) is 0 Å². The number of aryl methyl sites for hydroxylation is 2. The van der Waals surface area contributed by atoms with Crippen molar-refractivity contribution in [3.05, 3.63) is 69.3 Å². The molecule has 0 bridgehead atoms. The summed E-state index contributed by atoms with van der Waals surface area (Å²) in [4.78, 5) is 10.4. The summed E-state index contributed by atoms with van der Waals surface area (Å²) in [6.45, 7) is 4.66. The molecule has 2 aromatic rings. The van der Waals surface area contributed by atoms with Gasteiger partial charge >= 0.3 is 0 Å². The number of hydrogen-bond donors (Lipinski definition) is 1. The molecule has 0 aromatic heterocycles. The summed E-state index contributed by atoms with van der Waals surface area (Å²) in [7, 11) is 0. The summed E-state index contributed by atoms with van der Waals surface area (Å²) in [5, 5.41) is 14.1. The Morgan fingerprint density at radius 3 is 2.50 bits per heavy atom. The lowest BCUT2D eigenvalue weighted by Crippen LogP contribution is -2.06. The molecule has 0 radical (unpaired) electrons. The molecule has 2 aromatic carbocycles. The van der Waals surface area contributed by atoms with E-state index in [9.17, 15) is 10.1 Å². The Bertz CT molecular complexity index is 624. The first-order valence-corrected chi connectivity index (χ1v) is 6.61. The zero-order valence-electron chi connectivity index (χ0n) is 11.7. The Morgan fingerprint density at radius 1 is 1.10 bits per heavy atom. The third kappa shape index (κ3) is 3.35. The van der Waals surface area contributed by atoms with E-state index in [4.69, 9.17) is 0 Å². The predicted molar refractivity (Wildman–Crippen MR) is 81.2 cm³/mol. The highest BCUT2D eigenvalue weighted by molar-refractivity contribution is 5.53. The van der Waals surface area contributed by atoms with Crippen LogP contribution in [0.5, 0.6) is 0 Å². The second kappa shape index (κ2) is 6.19. The van der Waals surface area contributed by atoms with Gasteiger partial charge < -0.3 is 5.32 Å². The van der Waals surface area contributed by atoms with Gasteiger partial charge in [0.15, 0.2) is 0 Å². The number of nitrogens with zero attached hydrogens (tertiary/aromatic N) is 1. The van der Waals surface area contributed by atoms with Crippen molar-refractivity contribution in [3.8, 4) is 0 Å². The van der Waals surface area contributed by atoms with Crippen molar-refractivity contribution in [2.24, 2.45) is 0 Å². The Kier molecular flexibility index (Phi) is 4.35. The number of hydrogen-bond acceptors (Lipinski definition) is 3. The molecule has 0 aliphatic rings. The molecule has 20 heavy (non-hydrogen) atoms. The topological polar surface area (TPSA) is 55.2 Å². The molecule has 0 aliphatic carbocycles. The second-order valence-corrected chi connectivity index (χ2v) is 4.86. The van der Waals surface area contributed by atoms with Crippen LogP contribution in [0.15, 0.2) is 42.5 Å². The number of nitro benzene ring substituents is 1. The van der Waals surface area contributed by atoms with Crippen LogP contribution < -0.4 is 5.32 Å². The van der Waals surface area contributed by atoms with E-state index >= 15 is 0 Å². The monoisotopic (exact) mass is 270 g/mol. The molecule has 0 heterocycles. The van der Waals surface area contributed by atoms with Gasteiger partial charge in [-0.05, 0) is 43.5 Å². The zero-order chi connectivity index (χ0) is 14.5. The first kappa shape index (κ1) is 14.1. The first-order chi connectivity index (χ1) is 9.58. The van der Waals surface area contributed by atoms with Crippen LogP contribution in [0.2, 0.25) is 0 Å². The molecule has 0 aliphatic heterocycles. The molecule has 0 spiro atoms. The number of rotatable bonds is 5. The molecule has 1 N–H and O–H groups in total. The molecule has 104 valence electrons. The molecule has 0 saturated heterocycles. The quantitative estimate of drug-likeness (QED) is 0.663. The average molecular weight is 270 g/mol. The SMILES string of the molecule is Cc1ccccc1CCNc1ccc([N+](=O)[O-])c(C)c1. The van der Waals surface area contributed by atoms with Gasteiger partial charge in [0.25, 0.3) is 5.69 Å². The second-order valence-electron chi connectivity index (χ2n) is 4.86. The summed E-state index contributed by atoms with van der Waals surface area (Å²) in [5.41, 5.74) is 4.36. The van der Waals surface area contributed by atoms with E-state index < -0.39 is 0 Å². The van der Waals surface area contributed by atoms with Gasteiger partial charge in [-0.3, -0.25) is 10.1 Å². The maximum atomic E-state index is 10.8. The van der Waals surface area contributed by atoms with E-state index in [2.05, 4.69) is 24.4 Å². The van der Waals surface area contributed by atoms with Crippen molar-refractivity contribution in [2.45, 2.75) is 20.3 Å². The van der Waals surface area contributed by atoms with Gasteiger partial charge in [-0.2, -0.15) is 0 Å². The van der Waals surface area contributed by atoms with Crippen LogP contribution in [0.25, 0.3) is 0 Å². The number of nitro groups is 1. The number of benzene rings is 2. The van der Waals surface area contributed by atoms with Crippen molar-refractivity contribution in [2.75, 3.05) is 11.9 Å². The summed E-state index contributed by atoms with van der Waals surface area (Å²) in [6.07, 6.45) is 0.933. The third-order valence-electron chi connectivity index (χ3n) is 3.38. The van der Waals surface area contributed by atoms with Crippen LogP contribution >= 0.6 is 0 Å². The van der Waals surface area contributed by atoms with E-state index in [0.717, 1.165) is 18.7 Å². The van der Waals surface area contributed by atoms with Crippen LogP contribution in [0.1, 0.15) is 16.7 Å². The fourth-order valence-electron chi connectivity index (χ4n) is 2.20. The minimum Gasteiger partial charge on any atom is -0.385 e. The van der Waals surface area contributed by atoms with Crippen molar-refractivity contribution in [1.29, 1.82) is 0 Å². The van der Waals surface area contributed by atoms with E-state index in [1.54, 1.807) is 19.1 Å². The van der Waals surface area contributed by atoms with E-state index in [0.29, 0.717) is 5.56 Å². The minimum atomic E-state index is -0.355. The highest BCUT2D eigenvalue weighted by Gasteiger charge is 2.09. The van der Waals surface area contributed by atoms with E-state index in [1.165, 1.54) is 11.1 Å². The maximum Gasteiger partial charge on any atom is 0.272 e. The smallest absolute Gasteiger partial charge is 0.272 e. The lowest BCUT2D eigenvalue weighted by Gasteiger charge is -2.09. The normalized spacial score (nSPS) is 10.3. The Labute approximate surface area is 118 Å². The van der Waals surface area contributed by atoms with E-state index in [-0.39, 0.29) is 10.6 Å². The van der Waals surface area contributed by atoms with Crippen LogP contribution in [-0.2, 0) is 6.42 Å². The molecule has 4 nitrogen and oxygen atoms in total. The standard InChI is InChI=1S/C16H18N2O2/c1-12-5-3-4-6-14(12)9-10-17-15-7-8-16(18(19)20)13(2)11-15/h3-8,11,17H,9-10H2,1-2H3. The Balaban J connectivity index is 1.97. The average Bonchev–Trinajstić information content (AvgIpc) is 2.40. The van der Waals surface area contributed by atoms with Crippen molar-refractivity contribution in [1.82, 2.24) is 0 Å². The fourth-order valence-corrected chi connectivity index (χ4v) is 2.20. The predicted octanol–water partition coefficient (Wildman–Crippen LogP) is 3.87. The molecular weight excluding hydrogens is 252 g/mol. The van der Waals surface area contributed by atoms with Crippen LogP contribution in [0, 0.1) is 24.0 Å². The van der Waals surface area contributed by atoms with Gasteiger partial charge in [0.05, 0.1) is 4.92 Å². The summed E-state index contributed by atoms with van der Waals surface area (Å²) in [6, 6.07) is 13.4. The van der Waals surface area contributed by atoms with E-state index in [1.807, 2.05) is 18.2 Å². The molecule has 0 fully saturated rings. The molecular formula is C16H18N2O2. The van der Waals surface area contributed by atoms with Gasteiger partial charge in [0, 0.05) is 23.9 Å². The van der Waals surface area contributed by atoms with Gasteiger partial charge in [0.1, 0.15) is 0 Å².